The normalized spacial score (nSPS) is 12.5. The number of carboxylic acid groups (broad SMARTS) is 2. The Kier molecular flexibility index (Phi) is 5.62. The molecule has 0 aliphatic heterocycles. The largest absolute Gasteiger partial charge is 0.480 e. The standard InChI is InChI=1S/C10H17NO4/c1-4-11(5-2)8(10(14)15)6-7(3)9(12)13/h8H,3-6H2,1-2H3,(H,12,13)(H,14,15)/t8-/m0/s1. The van der Waals surface area contributed by atoms with Crippen molar-refractivity contribution in [2.75, 3.05) is 13.1 Å². The lowest BCUT2D eigenvalue weighted by atomic mass is 10.1. The third kappa shape index (κ3) is 4.12. The number of hydrogen-bond donors (Lipinski definition) is 2. The summed E-state index contributed by atoms with van der Waals surface area (Å²) >= 11 is 0. The van der Waals surface area contributed by atoms with Crippen LogP contribution in [0.1, 0.15) is 20.3 Å². The second kappa shape index (κ2) is 6.19. The fourth-order valence-electron chi connectivity index (χ4n) is 1.36. The van der Waals surface area contributed by atoms with Gasteiger partial charge in [-0.1, -0.05) is 20.4 Å². The molecule has 0 unspecified atom stereocenters. The maximum Gasteiger partial charge on any atom is 0.331 e. The van der Waals surface area contributed by atoms with E-state index in [4.69, 9.17) is 10.2 Å². The summed E-state index contributed by atoms with van der Waals surface area (Å²) in [5, 5.41) is 17.6. The Morgan fingerprint density at radius 3 is 2.00 bits per heavy atom. The van der Waals surface area contributed by atoms with Crippen molar-refractivity contribution in [2.24, 2.45) is 0 Å². The molecule has 15 heavy (non-hydrogen) atoms. The van der Waals surface area contributed by atoms with Crippen LogP contribution in [0, 0.1) is 0 Å². The summed E-state index contributed by atoms with van der Waals surface area (Å²) in [7, 11) is 0. The van der Waals surface area contributed by atoms with Crippen LogP contribution in [-0.4, -0.2) is 46.2 Å². The predicted molar refractivity (Wildman–Crippen MR) is 55.7 cm³/mol. The number of hydrogen-bond acceptors (Lipinski definition) is 3. The fourth-order valence-corrected chi connectivity index (χ4v) is 1.36. The van der Waals surface area contributed by atoms with E-state index in [-0.39, 0.29) is 12.0 Å². The van der Waals surface area contributed by atoms with Crippen molar-refractivity contribution in [1.82, 2.24) is 4.90 Å². The molecule has 0 heterocycles. The van der Waals surface area contributed by atoms with Gasteiger partial charge in [-0.15, -0.1) is 0 Å². The lowest BCUT2D eigenvalue weighted by Gasteiger charge is -2.25. The van der Waals surface area contributed by atoms with Gasteiger partial charge in [0.25, 0.3) is 0 Å². The third-order valence-electron chi connectivity index (χ3n) is 2.28. The minimum Gasteiger partial charge on any atom is -0.480 e. The Bertz CT molecular complexity index is 258. The van der Waals surface area contributed by atoms with E-state index in [0.29, 0.717) is 13.1 Å². The van der Waals surface area contributed by atoms with Gasteiger partial charge in [-0.25, -0.2) is 4.79 Å². The molecule has 0 aliphatic rings. The summed E-state index contributed by atoms with van der Waals surface area (Å²) in [4.78, 5) is 23.2. The molecule has 0 bridgehead atoms. The SMILES string of the molecule is C=C(C[C@@H](C(=O)O)N(CC)CC)C(=O)O. The van der Waals surface area contributed by atoms with E-state index in [2.05, 4.69) is 6.58 Å². The first kappa shape index (κ1) is 13.6. The molecule has 0 aliphatic carbocycles. The van der Waals surface area contributed by atoms with Crippen LogP contribution in [0.3, 0.4) is 0 Å². The zero-order valence-corrected chi connectivity index (χ0v) is 9.06. The molecule has 2 N–H and O–H groups in total. The molecule has 1 atom stereocenters. The van der Waals surface area contributed by atoms with Gasteiger partial charge in [0.15, 0.2) is 0 Å². The Morgan fingerprint density at radius 1 is 1.27 bits per heavy atom. The van der Waals surface area contributed by atoms with Crippen molar-refractivity contribution in [3.05, 3.63) is 12.2 Å². The van der Waals surface area contributed by atoms with Crippen LogP contribution >= 0.6 is 0 Å². The van der Waals surface area contributed by atoms with Crippen LogP contribution in [0.15, 0.2) is 12.2 Å². The first-order valence-corrected chi connectivity index (χ1v) is 4.81. The zero-order valence-electron chi connectivity index (χ0n) is 9.06. The van der Waals surface area contributed by atoms with Crippen molar-refractivity contribution < 1.29 is 19.8 Å². The molecule has 86 valence electrons. The minimum atomic E-state index is -1.14. The summed E-state index contributed by atoms with van der Waals surface area (Å²) in [5.41, 5.74) is -0.0747. The van der Waals surface area contributed by atoms with Crippen molar-refractivity contribution >= 4 is 11.9 Å². The highest BCUT2D eigenvalue weighted by atomic mass is 16.4. The van der Waals surface area contributed by atoms with E-state index >= 15 is 0 Å². The molecule has 0 amide bonds. The summed E-state index contributed by atoms with van der Waals surface area (Å²) < 4.78 is 0. The second-order valence-corrected chi connectivity index (χ2v) is 3.19. The summed E-state index contributed by atoms with van der Waals surface area (Å²) in [6.45, 7) is 8.15. The van der Waals surface area contributed by atoms with E-state index in [1.165, 1.54) is 0 Å². The molecule has 0 rings (SSSR count). The molecule has 0 aromatic rings. The highest BCUT2D eigenvalue weighted by Gasteiger charge is 2.25. The second-order valence-electron chi connectivity index (χ2n) is 3.19. The molecule has 5 nitrogen and oxygen atoms in total. The highest BCUT2D eigenvalue weighted by molar-refractivity contribution is 5.87. The average Bonchev–Trinajstić information content (AvgIpc) is 2.17. The first-order chi connectivity index (χ1) is 6.93. The lowest BCUT2D eigenvalue weighted by molar-refractivity contribution is -0.143. The van der Waals surface area contributed by atoms with Gasteiger partial charge in [0, 0.05) is 12.0 Å². The maximum absolute atomic E-state index is 10.9. The Labute approximate surface area is 89.0 Å². The summed E-state index contributed by atoms with van der Waals surface area (Å²) in [5.74, 6) is -2.16. The molecule has 0 aromatic carbocycles. The molecule has 0 saturated carbocycles. The van der Waals surface area contributed by atoms with Crippen LogP contribution in [-0.2, 0) is 9.59 Å². The third-order valence-corrected chi connectivity index (χ3v) is 2.28. The van der Waals surface area contributed by atoms with Gasteiger partial charge in [-0.2, -0.15) is 0 Å². The molecule has 0 radical (unpaired) electrons. The van der Waals surface area contributed by atoms with Crippen molar-refractivity contribution in [2.45, 2.75) is 26.3 Å². The van der Waals surface area contributed by atoms with Crippen LogP contribution in [0.25, 0.3) is 0 Å². The Balaban J connectivity index is 4.60. The first-order valence-electron chi connectivity index (χ1n) is 4.81. The van der Waals surface area contributed by atoms with E-state index in [9.17, 15) is 9.59 Å². The van der Waals surface area contributed by atoms with Crippen LogP contribution < -0.4 is 0 Å². The van der Waals surface area contributed by atoms with Crippen molar-refractivity contribution in [3.63, 3.8) is 0 Å². The monoisotopic (exact) mass is 215 g/mol. The smallest absolute Gasteiger partial charge is 0.331 e. The number of likely N-dealkylation sites (N-methyl/N-ethyl adjacent to an activating group) is 1. The number of carboxylic acids is 2. The average molecular weight is 215 g/mol. The van der Waals surface area contributed by atoms with Gasteiger partial charge in [0.05, 0.1) is 0 Å². The molecular formula is C10H17NO4. The van der Waals surface area contributed by atoms with Crippen LogP contribution in [0.2, 0.25) is 0 Å². The van der Waals surface area contributed by atoms with Gasteiger partial charge in [-0.3, -0.25) is 9.69 Å². The minimum absolute atomic E-state index is 0.0493. The van der Waals surface area contributed by atoms with E-state index in [0.717, 1.165) is 0 Å². The summed E-state index contributed by atoms with van der Waals surface area (Å²) in [6.07, 6.45) is -0.0493. The molecule has 5 heteroatoms. The van der Waals surface area contributed by atoms with Gasteiger partial charge in [0.1, 0.15) is 6.04 Å². The topological polar surface area (TPSA) is 77.8 Å². The van der Waals surface area contributed by atoms with Crippen LogP contribution in [0.4, 0.5) is 0 Å². The highest BCUT2D eigenvalue weighted by Crippen LogP contribution is 2.10. The Morgan fingerprint density at radius 2 is 1.73 bits per heavy atom. The number of rotatable bonds is 7. The molecule has 0 aromatic heterocycles. The zero-order chi connectivity index (χ0) is 12.0. The van der Waals surface area contributed by atoms with Gasteiger partial charge >= 0.3 is 11.9 Å². The number of nitrogens with zero attached hydrogens (tertiary/aromatic N) is 1. The van der Waals surface area contributed by atoms with Crippen molar-refractivity contribution in [3.8, 4) is 0 Å². The molecule has 0 spiro atoms. The van der Waals surface area contributed by atoms with Crippen molar-refractivity contribution in [1.29, 1.82) is 0 Å². The Hall–Kier alpha value is -1.36. The van der Waals surface area contributed by atoms with E-state index in [1.807, 2.05) is 13.8 Å². The van der Waals surface area contributed by atoms with Crippen LogP contribution in [0.5, 0.6) is 0 Å². The fraction of sp³-hybridized carbons (Fsp3) is 0.600. The predicted octanol–water partition coefficient (Wildman–Crippen LogP) is 0.812. The van der Waals surface area contributed by atoms with E-state index < -0.39 is 18.0 Å². The van der Waals surface area contributed by atoms with Gasteiger partial charge in [-0.05, 0) is 13.1 Å². The molecule has 0 fully saturated rings. The maximum atomic E-state index is 10.9. The summed E-state index contributed by atoms with van der Waals surface area (Å²) in [6, 6.07) is -0.802. The number of aliphatic carboxylic acids is 2. The quantitative estimate of drug-likeness (QED) is 0.614. The lowest BCUT2D eigenvalue weighted by Crippen LogP contribution is -2.41. The molecule has 0 saturated heterocycles. The van der Waals surface area contributed by atoms with E-state index in [1.54, 1.807) is 4.90 Å². The van der Waals surface area contributed by atoms with Gasteiger partial charge in [0.2, 0.25) is 0 Å². The molecular weight excluding hydrogens is 198 g/mol. The van der Waals surface area contributed by atoms with Gasteiger partial charge < -0.3 is 10.2 Å². The number of carbonyl (C=O) groups is 2.